The number of ether oxygens (including phenoxy) is 1. The summed E-state index contributed by atoms with van der Waals surface area (Å²) in [5.74, 6) is 1.63. The molecule has 1 fully saturated rings. The van der Waals surface area contributed by atoms with Crippen molar-refractivity contribution in [2.24, 2.45) is 5.92 Å². The molecule has 1 aromatic rings. The molecule has 0 aromatic heterocycles. The van der Waals surface area contributed by atoms with Crippen molar-refractivity contribution in [1.29, 1.82) is 0 Å². The predicted molar refractivity (Wildman–Crippen MR) is 79.9 cm³/mol. The summed E-state index contributed by atoms with van der Waals surface area (Å²) >= 11 is 0. The lowest BCUT2D eigenvalue weighted by Gasteiger charge is -2.38. The van der Waals surface area contributed by atoms with E-state index in [4.69, 9.17) is 4.74 Å². The van der Waals surface area contributed by atoms with Crippen molar-refractivity contribution in [2.75, 3.05) is 20.2 Å². The van der Waals surface area contributed by atoms with Gasteiger partial charge in [0.15, 0.2) is 0 Å². The summed E-state index contributed by atoms with van der Waals surface area (Å²) in [6.45, 7) is 1.66. The zero-order chi connectivity index (χ0) is 13.9. The topological polar surface area (TPSA) is 32.7 Å². The van der Waals surface area contributed by atoms with Gasteiger partial charge in [-0.15, -0.1) is 0 Å². The summed E-state index contributed by atoms with van der Waals surface area (Å²) in [6, 6.07) is 7.91. The molecule has 2 unspecified atom stereocenters. The van der Waals surface area contributed by atoms with E-state index >= 15 is 0 Å². The molecule has 0 saturated heterocycles. The monoisotopic (exact) mass is 275 g/mol. The van der Waals surface area contributed by atoms with Gasteiger partial charge in [0.2, 0.25) is 0 Å². The summed E-state index contributed by atoms with van der Waals surface area (Å²) in [7, 11) is 2.12. The van der Waals surface area contributed by atoms with E-state index in [0.717, 1.165) is 23.8 Å². The maximum Gasteiger partial charge on any atom is 0.125 e. The Morgan fingerprint density at radius 1 is 1.20 bits per heavy atom. The molecule has 1 aliphatic carbocycles. The Kier molecular flexibility index (Phi) is 4.27. The number of benzene rings is 1. The van der Waals surface area contributed by atoms with Gasteiger partial charge >= 0.3 is 0 Å². The van der Waals surface area contributed by atoms with E-state index in [9.17, 15) is 5.11 Å². The first-order valence-corrected chi connectivity index (χ1v) is 7.85. The Bertz CT molecular complexity index is 442. The van der Waals surface area contributed by atoms with Gasteiger partial charge < -0.3 is 9.84 Å². The molecule has 0 radical (unpaired) electrons. The fraction of sp³-hybridized carbons (Fsp3) is 0.647. The Hall–Kier alpha value is -1.06. The van der Waals surface area contributed by atoms with Crippen LogP contribution in [0.15, 0.2) is 24.3 Å². The molecule has 3 rings (SSSR count). The second kappa shape index (κ2) is 6.15. The standard InChI is InChI=1S/C17H25NO2/c1-18(11-13-7-3-2-4-8-13)15-12-20-16-10-6-5-9-14(16)17(15)19/h5-6,9-10,13,15,17,19H,2-4,7-8,11-12H2,1H3. The number of nitrogens with zero attached hydrogens (tertiary/aromatic N) is 1. The van der Waals surface area contributed by atoms with E-state index < -0.39 is 6.10 Å². The molecule has 110 valence electrons. The zero-order valence-electron chi connectivity index (χ0n) is 12.3. The van der Waals surface area contributed by atoms with E-state index in [2.05, 4.69) is 11.9 Å². The quantitative estimate of drug-likeness (QED) is 0.920. The second-order valence-electron chi connectivity index (χ2n) is 6.30. The molecule has 1 N–H and O–H groups in total. The molecule has 2 atom stereocenters. The van der Waals surface area contributed by atoms with Crippen molar-refractivity contribution in [3.63, 3.8) is 0 Å². The first-order valence-electron chi connectivity index (χ1n) is 7.85. The molecule has 3 nitrogen and oxygen atoms in total. The maximum atomic E-state index is 10.6. The van der Waals surface area contributed by atoms with Crippen LogP contribution < -0.4 is 4.74 Å². The number of fused-ring (bicyclic) bond motifs is 1. The SMILES string of the molecule is CN(CC1CCCCC1)C1COc2ccccc2C1O. The molecule has 1 saturated carbocycles. The van der Waals surface area contributed by atoms with Gasteiger partial charge in [-0.2, -0.15) is 0 Å². The average molecular weight is 275 g/mol. The van der Waals surface area contributed by atoms with E-state index in [1.54, 1.807) is 0 Å². The third-order valence-electron chi connectivity index (χ3n) is 4.85. The van der Waals surface area contributed by atoms with Crippen molar-refractivity contribution in [2.45, 2.75) is 44.2 Å². The smallest absolute Gasteiger partial charge is 0.125 e. The van der Waals surface area contributed by atoms with Crippen molar-refractivity contribution < 1.29 is 9.84 Å². The number of aliphatic hydroxyl groups is 1. The molecule has 3 heteroatoms. The maximum absolute atomic E-state index is 10.6. The highest BCUT2D eigenvalue weighted by Gasteiger charge is 2.32. The Balaban J connectivity index is 1.65. The molecule has 1 heterocycles. The number of hydrogen-bond donors (Lipinski definition) is 1. The number of para-hydroxylation sites is 1. The van der Waals surface area contributed by atoms with Gasteiger partial charge in [0, 0.05) is 12.1 Å². The van der Waals surface area contributed by atoms with Gasteiger partial charge in [-0.25, -0.2) is 0 Å². The molecule has 1 aliphatic heterocycles. The molecule has 20 heavy (non-hydrogen) atoms. The zero-order valence-corrected chi connectivity index (χ0v) is 12.3. The highest BCUT2D eigenvalue weighted by Crippen LogP contribution is 2.34. The van der Waals surface area contributed by atoms with Crippen LogP contribution in [0.25, 0.3) is 0 Å². The van der Waals surface area contributed by atoms with Crippen LogP contribution in [-0.4, -0.2) is 36.2 Å². The lowest BCUT2D eigenvalue weighted by Crippen LogP contribution is -2.45. The highest BCUT2D eigenvalue weighted by molar-refractivity contribution is 5.37. The van der Waals surface area contributed by atoms with E-state index in [-0.39, 0.29) is 6.04 Å². The molecule has 0 spiro atoms. The summed E-state index contributed by atoms with van der Waals surface area (Å²) < 4.78 is 5.82. The van der Waals surface area contributed by atoms with Gasteiger partial charge in [-0.05, 0) is 31.9 Å². The Labute approximate surface area is 121 Å². The van der Waals surface area contributed by atoms with Gasteiger partial charge in [-0.1, -0.05) is 37.5 Å². The molecule has 2 aliphatic rings. The summed E-state index contributed by atoms with van der Waals surface area (Å²) in [5.41, 5.74) is 0.930. The molecule has 0 amide bonds. The average Bonchev–Trinajstić information content (AvgIpc) is 2.49. The minimum Gasteiger partial charge on any atom is -0.491 e. The van der Waals surface area contributed by atoms with Crippen molar-refractivity contribution in [1.82, 2.24) is 4.90 Å². The number of hydrogen-bond acceptors (Lipinski definition) is 3. The van der Waals surface area contributed by atoms with Gasteiger partial charge in [0.05, 0.1) is 6.04 Å². The fourth-order valence-corrected chi connectivity index (χ4v) is 3.61. The van der Waals surface area contributed by atoms with Crippen LogP contribution in [0.2, 0.25) is 0 Å². The van der Waals surface area contributed by atoms with Crippen molar-refractivity contribution in [3.05, 3.63) is 29.8 Å². The van der Waals surface area contributed by atoms with Crippen molar-refractivity contribution in [3.8, 4) is 5.75 Å². The van der Waals surface area contributed by atoms with Crippen LogP contribution in [0.4, 0.5) is 0 Å². The predicted octanol–water partition coefficient (Wildman–Crippen LogP) is 2.99. The van der Waals surface area contributed by atoms with Gasteiger partial charge in [0.25, 0.3) is 0 Å². The first-order chi connectivity index (χ1) is 9.75. The summed E-state index contributed by atoms with van der Waals surface area (Å²) in [5, 5.41) is 10.6. The normalized spacial score (nSPS) is 27.1. The lowest BCUT2D eigenvalue weighted by atomic mass is 9.88. The van der Waals surface area contributed by atoms with Crippen LogP contribution >= 0.6 is 0 Å². The highest BCUT2D eigenvalue weighted by atomic mass is 16.5. The van der Waals surface area contributed by atoms with Crippen LogP contribution in [0.5, 0.6) is 5.75 Å². The van der Waals surface area contributed by atoms with E-state index in [1.807, 2.05) is 24.3 Å². The number of likely N-dealkylation sites (N-methyl/N-ethyl adjacent to an activating group) is 1. The number of rotatable bonds is 3. The molecular weight excluding hydrogens is 250 g/mol. The summed E-state index contributed by atoms with van der Waals surface area (Å²) in [4.78, 5) is 2.30. The van der Waals surface area contributed by atoms with Gasteiger partial charge in [-0.3, -0.25) is 4.90 Å². The fourth-order valence-electron chi connectivity index (χ4n) is 3.61. The molecule has 0 bridgehead atoms. The van der Waals surface area contributed by atoms with E-state index in [0.29, 0.717) is 6.61 Å². The Morgan fingerprint density at radius 2 is 1.95 bits per heavy atom. The summed E-state index contributed by atoms with van der Waals surface area (Å²) in [6.07, 6.45) is 6.36. The second-order valence-corrected chi connectivity index (χ2v) is 6.30. The molecule has 1 aromatic carbocycles. The van der Waals surface area contributed by atoms with E-state index in [1.165, 1.54) is 32.1 Å². The van der Waals surface area contributed by atoms with Crippen LogP contribution in [0.1, 0.15) is 43.8 Å². The first kappa shape index (κ1) is 13.9. The Morgan fingerprint density at radius 3 is 2.75 bits per heavy atom. The minimum atomic E-state index is -0.437. The third-order valence-corrected chi connectivity index (χ3v) is 4.85. The third kappa shape index (κ3) is 2.84. The lowest BCUT2D eigenvalue weighted by molar-refractivity contribution is 0.00697. The largest absolute Gasteiger partial charge is 0.491 e. The van der Waals surface area contributed by atoms with Crippen LogP contribution in [0, 0.1) is 5.92 Å². The van der Waals surface area contributed by atoms with Crippen LogP contribution in [-0.2, 0) is 0 Å². The van der Waals surface area contributed by atoms with Crippen LogP contribution in [0.3, 0.4) is 0 Å². The van der Waals surface area contributed by atoms with Crippen molar-refractivity contribution >= 4 is 0 Å². The number of aliphatic hydroxyl groups excluding tert-OH is 1. The van der Waals surface area contributed by atoms with Gasteiger partial charge in [0.1, 0.15) is 18.5 Å². The minimum absolute atomic E-state index is 0.0758. The molecular formula is C17H25NO2.